The summed E-state index contributed by atoms with van der Waals surface area (Å²) in [6.07, 6.45) is 0. The predicted octanol–water partition coefficient (Wildman–Crippen LogP) is -1.67. The minimum absolute atomic E-state index is 0.309. The molecule has 0 aliphatic rings. The summed E-state index contributed by atoms with van der Waals surface area (Å²) in [6, 6.07) is 0. The average molecular weight is 133 g/mol. The number of hydrogen-bond donors (Lipinski definition) is 3. The molecule has 0 aromatic carbocycles. The molecule has 0 spiro atoms. The third-order valence-corrected chi connectivity index (χ3v) is 1.06. The monoisotopic (exact) mass is 133 g/mol. The molecule has 0 saturated carbocycles. The normalized spacial score (nSPS) is 9.78. The molecule has 0 aliphatic heterocycles. The van der Waals surface area contributed by atoms with Crippen LogP contribution in [-0.4, -0.2) is 36.4 Å². The number of hydrogen-bond acceptors (Lipinski definition) is 3. The van der Waals surface area contributed by atoms with Crippen molar-refractivity contribution < 1.29 is 15.0 Å². The van der Waals surface area contributed by atoms with Crippen LogP contribution in [0.2, 0.25) is 0 Å². The zero-order chi connectivity index (χ0) is 7.28. The number of aliphatic hydroxyl groups is 2. The zero-order valence-electron chi connectivity index (χ0n) is 5.29. The van der Waals surface area contributed by atoms with E-state index in [0.29, 0.717) is 0 Å². The van der Waals surface area contributed by atoms with Crippen LogP contribution in [-0.2, 0) is 4.79 Å². The summed E-state index contributed by atoms with van der Waals surface area (Å²) in [5.74, 6) is -1.00. The Morgan fingerprint density at radius 3 is 2.11 bits per heavy atom. The van der Waals surface area contributed by atoms with Gasteiger partial charge in [-0.25, -0.2) is 0 Å². The summed E-state index contributed by atoms with van der Waals surface area (Å²) < 4.78 is 0. The minimum atomic E-state index is -0.671. The maximum absolute atomic E-state index is 10.5. The van der Waals surface area contributed by atoms with Gasteiger partial charge in [0.15, 0.2) is 0 Å². The zero-order valence-corrected chi connectivity index (χ0v) is 5.29. The van der Waals surface area contributed by atoms with Crippen LogP contribution in [0.15, 0.2) is 0 Å². The van der Waals surface area contributed by atoms with E-state index in [2.05, 4.69) is 5.32 Å². The van der Waals surface area contributed by atoms with Gasteiger partial charge in [0.05, 0.1) is 19.1 Å². The first-order valence-corrected chi connectivity index (χ1v) is 2.69. The summed E-state index contributed by atoms with van der Waals surface area (Å²) in [5.41, 5.74) is 0. The SMILES string of the molecule is CNC(=O)C(CO)CO. The smallest absolute Gasteiger partial charge is 0.227 e. The van der Waals surface area contributed by atoms with Gasteiger partial charge in [-0.3, -0.25) is 4.79 Å². The van der Waals surface area contributed by atoms with Gasteiger partial charge in [-0.1, -0.05) is 0 Å². The highest BCUT2D eigenvalue weighted by molar-refractivity contribution is 5.78. The molecule has 0 saturated heterocycles. The molecule has 0 bridgehead atoms. The highest BCUT2D eigenvalue weighted by Gasteiger charge is 2.13. The van der Waals surface area contributed by atoms with E-state index in [9.17, 15) is 4.79 Å². The van der Waals surface area contributed by atoms with Gasteiger partial charge in [-0.05, 0) is 0 Å². The number of carbonyl (C=O) groups excluding carboxylic acids is 1. The van der Waals surface area contributed by atoms with Crippen LogP contribution < -0.4 is 5.32 Å². The largest absolute Gasteiger partial charge is 0.395 e. The van der Waals surface area contributed by atoms with Gasteiger partial charge in [0.25, 0.3) is 0 Å². The quantitative estimate of drug-likeness (QED) is 0.431. The molecule has 3 N–H and O–H groups in total. The Hall–Kier alpha value is -0.610. The van der Waals surface area contributed by atoms with E-state index in [0.717, 1.165) is 0 Å². The van der Waals surface area contributed by atoms with E-state index in [4.69, 9.17) is 10.2 Å². The lowest BCUT2D eigenvalue weighted by Crippen LogP contribution is -2.32. The van der Waals surface area contributed by atoms with E-state index in [-0.39, 0.29) is 19.1 Å². The maximum atomic E-state index is 10.5. The molecule has 1 amide bonds. The predicted molar refractivity (Wildman–Crippen MR) is 31.7 cm³/mol. The molecular weight excluding hydrogens is 122 g/mol. The van der Waals surface area contributed by atoms with Crippen molar-refractivity contribution in [3.8, 4) is 0 Å². The van der Waals surface area contributed by atoms with E-state index in [1.807, 2.05) is 0 Å². The number of rotatable bonds is 3. The Balaban J connectivity index is 3.64. The second-order valence-electron chi connectivity index (χ2n) is 1.68. The van der Waals surface area contributed by atoms with E-state index in [1.54, 1.807) is 0 Å². The van der Waals surface area contributed by atoms with Gasteiger partial charge < -0.3 is 15.5 Å². The second kappa shape index (κ2) is 4.29. The van der Waals surface area contributed by atoms with Crippen LogP contribution >= 0.6 is 0 Å². The van der Waals surface area contributed by atoms with Crippen LogP contribution in [0.3, 0.4) is 0 Å². The van der Waals surface area contributed by atoms with Crippen LogP contribution in [0.5, 0.6) is 0 Å². The molecule has 9 heavy (non-hydrogen) atoms. The Labute approximate surface area is 53.5 Å². The second-order valence-corrected chi connectivity index (χ2v) is 1.68. The van der Waals surface area contributed by atoms with Crippen molar-refractivity contribution in [2.24, 2.45) is 5.92 Å². The van der Waals surface area contributed by atoms with Gasteiger partial charge >= 0.3 is 0 Å². The van der Waals surface area contributed by atoms with Crippen molar-refractivity contribution in [1.29, 1.82) is 0 Å². The van der Waals surface area contributed by atoms with Gasteiger partial charge in [0.1, 0.15) is 0 Å². The standard InChI is InChI=1S/C5H11NO3/c1-6-5(9)4(2-7)3-8/h4,7-8H,2-3H2,1H3,(H,6,9). The molecule has 0 aromatic rings. The van der Waals surface area contributed by atoms with Crippen molar-refractivity contribution >= 4 is 5.91 Å². The fourth-order valence-corrected chi connectivity index (χ4v) is 0.428. The number of aliphatic hydroxyl groups excluding tert-OH is 2. The molecule has 54 valence electrons. The van der Waals surface area contributed by atoms with Crippen LogP contribution in [0.4, 0.5) is 0 Å². The summed E-state index contributed by atoms with van der Waals surface area (Å²) in [5, 5.41) is 19.1. The number of nitrogens with one attached hydrogen (secondary N) is 1. The Morgan fingerprint density at radius 1 is 1.56 bits per heavy atom. The lowest BCUT2D eigenvalue weighted by Gasteiger charge is -2.06. The summed E-state index contributed by atoms with van der Waals surface area (Å²) >= 11 is 0. The number of carbonyl (C=O) groups is 1. The Bertz CT molecular complexity index is 90.2. The van der Waals surface area contributed by atoms with Crippen LogP contribution in [0, 0.1) is 5.92 Å². The maximum Gasteiger partial charge on any atom is 0.227 e. The third-order valence-electron chi connectivity index (χ3n) is 1.06. The summed E-state index contributed by atoms with van der Waals surface area (Å²) in [7, 11) is 1.46. The van der Waals surface area contributed by atoms with Crippen LogP contribution in [0.25, 0.3) is 0 Å². The first-order valence-electron chi connectivity index (χ1n) is 2.69. The van der Waals surface area contributed by atoms with Crippen molar-refractivity contribution in [3.63, 3.8) is 0 Å². The van der Waals surface area contributed by atoms with E-state index < -0.39 is 5.92 Å². The molecule has 0 fully saturated rings. The summed E-state index contributed by atoms with van der Waals surface area (Å²) in [4.78, 5) is 10.5. The van der Waals surface area contributed by atoms with E-state index in [1.165, 1.54) is 7.05 Å². The molecular formula is C5H11NO3. The molecule has 0 rings (SSSR count). The van der Waals surface area contributed by atoms with Gasteiger partial charge in [0.2, 0.25) is 5.91 Å². The fourth-order valence-electron chi connectivity index (χ4n) is 0.428. The molecule has 0 heterocycles. The lowest BCUT2D eigenvalue weighted by atomic mass is 10.2. The Kier molecular flexibility index (Phi) is 4.00. The van der Waals surface area contributed by atoms with Gasteiger partial charge in [0, 0.05) is 7.05 Å². The van der Waals surface area contributed by atoms with Crippen molar-refractivity contribution in [2.75, 3.05) is 20.3 Å². The molecule has 4 nitrogen and oxygen atoms in total. The van der Waals surface area contributed by atoms with Gasteiger partial charge in [-0.2, -0.15) is 0 Å². The third kappa shape index (κ3) is 2.43. The first kappa shape index (κ1) is 8.39. The van der Waals surface area contributed by atoms with E-state index >= 15 is 0 Å². The van der Waals surface area contributed by atoms with Gasteiger partial charge in [-0.15, -0.1) is 0 Å². The van der Waals surface area contributed by atoms with Crippen molar-refractivity contribution in [1.82, 2.24) is 5.32 Å². The minimum Gasteiger partial charge on any atom is -0.395 e. The molecule has 4 heteroatoms. The summed E-state index contributed by atoms with van der Waals surface area (Å²) in [6.45, 7) is -0.619. The number of amides is 1. The fraction of sp³-hybridized carbons (Fsp3) is 0.800. The van der Waals surface area contributed by atoms with Crippen LogP contribution in [0.1, 0.15) is 0 Å². The molecule has 0 radical (unpaired) electrons. The first-order chi connectivity index (χ1) is 4.26. The highest BCUT2D eigenvalue weighted by atomic mass is 16.3. The molecule has 0 aliphatic carbocycles. The van der Waals surface area contributed by atoms with Crippen molar-refractivity contribution in [2.45, 2.75) is 0 Å². The van der Waals surface area contributed by atoms with Crippen molar-refractivity contribution in [3.05, 3.63) is 0 Å². The molecule has 0 aromatic heterocycles. The molecule has 0 unspecified atom stereocenters. The topological polar surface area (TPSA) is 69.6 Å². The molecule has 0 atom stereocenters. The lowest BCUT2D eigenvalue weighted by molar-refractivity contribution is -0.127. The average Bonchev–Trinajstić information content (AvgIpc) is 1.90. The highest BCUT2D eigenvalue weighted by Crippen LogP contribution is 1.90. The Morgan fingerprint density at radius 2 is 2.00 bits per heavy atom.